The number of azide groups is 1. The van der Waals surface area contributed by atoms with Gasteiger partial charge in [-0.05, 0) is 42.8 Å². The van der Waals surface area contributed by atoms with Gasteiger partial charge >= 0.3 is 0 Å². The fourth-order valence-electron chi connectivity index (χ4n) is 1.79. The lowest BCUT2D eigenvalue weighted by molar-refractivity contribution is 0.0511. The first-order valence-corrected chi connectivity index (χ1v) is 8.15. The molecule has 0 aliphatic carbocycles. The van der Waals surface area contributed by atoms with Crippen molar-refractivity contribution in [3.8, 4) is 5.75 Å². The highest BCUT2D eigenvalue weighted by Crippen LogP contribution is 2.12. The van der Waals surface area contributed by atoms with E-state index in [0.29, 0.717) is 64.0 Å². The molecule has 0 atom stereocenters. The molecule has 0 saturated carbocycles. The summed E-state index contributed by atoms with van der Waals surface area (Å²) in [7, 11) is 0. The van der Waals surface area contributed by atoms with E-state index in [1.54, 1.807) is 24.3 Å². The SMILES string of the molecule is [N-]=[N+]=NCCOCCOCCNC(=O)c1ccc(OCCCN)cc1. The van der Waals surface area contributed by atoms with E-state index in [1.807, 2.05) is 0 Å². The number of nitrogens with one attached hydrogen (secondary N) is 1. The number of benzene rings is 1. The third-order valence-corrected chi connectivity index (χ3v) is 3.04. The molecule has 0 bridgehead atoms. The maximum Gasteiger partial charge on any atom is 0.251 e. The Kier molecular flexibility index (Phi) is 11.7. The van der Waals surface area contributed by atoms with Crippen molar-refractivity contribution in [1.29, 1.82) is 0 Å². The second-order valence-electron chi connectivity index (χ2n) is 4.95. The van der Waals surface area contributed by atoms with Crippen molar-refractivity contribution in [3.63, 3.8) is 0 Å². The Hall–Kier alpha value is -2.32. The zero-order valence-corrected chi connectivity index (χ0v) is 14.2. The van der Waals surface area contributed by atoms with Crippen molar-refractivity contribution in [3.05, 3.63) is 40.3 Å². The van der Waals surface area contributed by atoms with Gasteiger partial charge in [0.05, 0.1) is 33.0 Å². The summed E-state index contributed by atoms with van der Waals surface area (Å²) in [5, 5.41) is 6.12. The van der Waals surface area contributed by atoms with E-state index in [4.69, 9.17) is 25.5 Å². The molecular weight excluding hydrogens is 326 g/mol. The van der Waals surface area contributed by atoms with Crippen LogP contribution in [-0.2, 0) is 9.47 Å². The Morgan fingerprint density at radius 3 is 2.52 bits per heavy atom. The van der Waals surface area contributed by atoms with E-state index in [9.17, 15) is 4.79 Å². The predicted octanol–water partition coefficient (Wildman–Crippen LogP) is 1.49. The molecule has 0 aliphatic heterocycles. The molecule has 1 amide bonds. The van der Waals surface area contributed by atoms with Crippen LogP contribution in [0.3, 0.4) is 0 Å². The highest BCUT2D eigenvalue weighted by molar-refractivity contribution is 5.94. The zero-order chi connectivity index (χ0) is 18.2. The highest BCUT2D eigenvalue weighted by Gasteiger charge is 2.05. The number of amides is 1. The van der Waals surface area contributed by atoms with Crippen LogP contribution < -0.4 is 15.8 Å². The van der Waals surface area contributed by atoms with Crippen LogP contribution in [0, 0.1) is 0 Å². The standard InChI is InChI=1S/C16H25N5O4/c17-6-1-9-25-15-4-2-14(3-5-15)16(22)19-7-10-23-12-13-24-11-8-20-21-18/h2-5H,1,6-13,17H2,(H,19,22). The Bertz CT molecular complexity index is 532. The summed E-state index contributed by atoms with van der Waals surface area (Å²) in [6.45, 7) is 3.47. The maximum atomic E-state index is 12.0. The molecule has 0 spiro atoms. The third-order valence-electron chi connectivity index (χ3n) is 3.04. The lowest BCUT2D eigenvalue weighted by Gasteiger charge is -2.08. The molecule has 3 N–H and O–H groups in total. The molecule has 0 aliphatic rings. The minimum Gasteiger partial charge on any atom is -0.494 e. The minimum absolute atomic E-state index is 0.164. The van der Waals surface area contributed by atoms with Crippen LogP contribution in [0.5, 0.6) is 5.75 Å². The van der Waals surface area contributed by atoms with Crippen LogP contribution in [0.25, 0.3) is 10.4 Å². The monoisotopic (exact) mass is 351 g/mol. The second kappa shape index (κ2) is 14.1. The van der Waals surface area contributed by atoms with E-state index in [0.717, 1.165) is 6.42 Å². The number of hydrogen-bond donors (Lipinski definition) is 2. The molecule has 9 nitrogen and oxygen atoms in total. The molecule has 1 rings (SSSR count). The van der Waals surface area contributed by atoms with Crippen LogP contribution in [0.4, 0.5) is 0 Å². The van der Waals surface area contributed by atoms with Crippen molar-refractivity contribution in [2.45, 2.75) is 6.42 Å². The average Bonchev–Trinajstić information content (AvgIpc) is 2.64. The molecule has 0 radical (unpaired) electrons. The van der Waals surface area contributed by atoms with E-state index >= 15 is 0 Å². The Balaban J connectivity index is 2.08. The summed E-state index contributed by atoms with van der Waals surface area (Å²) in [6.07, 6.45) is 0.793. The molecule has 138 valence electrons. The maximum absolute atomic E-state index is 12.0. The molecule has 1 aromatic carbocycles. The van der Waals surface area contributed by atoms with Gasteiger partial charge in [-0.25, -0.2) is 0 Å². The van der Waals surface area contributed by atoms with Crippen LogP contribution in [0.1, 0.15) is 16.8 Å². The van der Waals surface area contributed by atoms with Gasteiger partial charge in [0.2, 0.25) is 0 Å². The molecule has 0 fully saturated rings. The molecule has 1 aromatic rings. The van der Waals surface area contributed by atoms with Gasteiger partial charge in [0.25, 0.3) is 5.91 Å². The summed E-state index contributed by atoms with van der Waals surface area (Å²) < 4.78 is 16.0. The average molecular weight is 351 g/mol. The van der Waals surface area contributed by atoms with Gasteiger partial charge in [-0.3, -0.25) is 4.79 Å². The Labute approximate surface area is 147 Å². The van der Waals surface area contributed by atoms with Gasteiger partial charge in [-0.1, -0.05) is 5.11 Å². The first-order valence-electron chi connectivity index (χ1n) is 8.15. The molecule has 0 unspecified atom stereocenters. The van der Waals surface area contributed by atoms with Gasteiger partial charge in [-0.15, -0.1) is 0 Å². The van der Waals surface area contributed by atoms with Crippen molar-refractivity contribution in [2.75, 3.05) is 52.7 Å². The molecule has 0 aromatic heterocycles. The lowest BCUT2D eigenvalue weighted by Crippen LogP contribution is -2.27. The smallest absolute Gasteiger partial charge is 0.251 e. The van der Waals surface area contributed by atoms with Crippen LogP contribution in [0.15, 0.2) is 29.4 Å². The minimum atomic E-state index is -0.164. The van der Waals surface area contributed by atoms with Crippen LogP contribution >= 0.6 is 0 Å². The number of ether oxygens (including phenoxy) is 3. The summed E-state index contributed by atoms with van der Waals surface area (Å²) >= 11 is 0. The molecule has 9 heteroatoms. The van der Waals surface area contributed by atoms with Crippen molar-refractivity contribution in [2.24, 2.45) is 10.8 Å². The number of rotatable bonds is 14. The van der Waals surface area contributed by atoms with E-state index < -0.39 is 0 Å². The van der Waals surface area contributed by atoms with Crippen molar-refractivity contribution >= 4 is 5.91 Å². The van der Waals surface area contributed by atoms with Crippen LogP contribution in [-0.4, -0.2) is 58.6 Å². The third kappa shape index (κ3) is 10.2. The molecule has 0 saturated heterocycles. The number of hydrogen-bond acceptors (Lipinski definition) is 6. The molecule has 0 heterocycles. The quantitative estimate of drug-likeness (QED) is 0.227. The Morgan fingerprint density at radius 2 is 1.84 bits per heavy atom. The van der Waals surface area contributed by atoms with Gasteiger partial charge in [0, 0.05) is 23.6 Å². The van der Waals surface area contributed by atoms with Gasteiger partial charge in [0.1, 0.15) is 5.75 Å². The zero-order valence-electron chi connectivity index (χ0n) is 14.2. The lowest BCUT2D eigenvalue weighted by atomic mass is 10.2. The van der Waals surface area contributed by atoms with Crippen LogP contribution in [0.2, 0.25) is 0 Å². The molecule has 25 heavy (non-hydrogen) atoms. The number of nitrogens with zero attached hydrogens (tertiary/aromatic N) is 3. The molecular formula is C16H25N5O4. The second-order valence-corrected chi connectivity index (χ2v) is 4.95. The van der Waals surface area contributed by atoms with E-state index in [1.165, 1.54) is 0 Å². The van der Waals surface area contributed by atoms with Crippen molar-refractivity contribution < 1.29 is 19.0 Å². The highest BCUT2D eigenvalue weighted by atomic mass is 16.5. The van der Waals surface area contributed by atoms with E-state index in [2.05, 4.69) is 15.3 Å². The topological polar surface area (TPSA) is 132 Å². The first kappa shape index (κ1) is 20.7. The Morgan fingerprint density at radius 1 is 1.12 bits per heavy atom. The summed E-state index contributed by atoms with van der Waals surface area (Å²) in [5.74, 6) is 0.552. The first-order chi connectivity index (χ1) is 12.3. The summed E-state index contributed by atoms with van der Waals surface area (Å²) in [6, 6.07) is 6.95. The van der Waals surface area contributed by atoms with Gasteiger partial charge < -0.3 is 25.3 Å². The number of nitrogens with two attached hydrogens (primary N) is 1. The number of carbonyl (C=O) groups is 1. The summed E-state index contributed by atoms with van der Waals surface area (Å²) in [4.78, 5) is 14.6. The fourth-order valence-corrected chi connectivity index (χ4v) is 1.79. The number of carbonyl (C=O) groups excluding carboxylic acids is 1. The normalized spacial score (nSPS) is 10.1. The van der Waals surface area contributed by atoms with Gasteiger partial charge in [-0.2, -0.15) is 0 Å². The predicted molar refractivity (Wildman–Crippen MR) is 93.6 cm³/mol. The van der Waals surface area contributed by atoms with Crippen molar-refractivity contribution in [1.82, 2.24) is 5.32 Å². The van der Waals surface area contributed by atoms with E-state index in [-0.39, 0.29) is 5.91 Å². The largest absolute Gasteiger partial charge is 0.494 e. The fraction of sp³-hybridized carbons (Fsp3) is 0.562. The van der Waals surface area contributed by atoms with Gasteiger partial charge in [0.15, 0.2) is 0 Å². The summed E-state index contributed by atoms with van der Waals surface area (Å²) in [5.41, 5.74) is 14.0.